The Morgan fingerprint density at radius 1 is 0.941 bits per heavy atom. The minimum absolute atomic E-state index is 0.0109. The Labute approximate surface area is 202 Å². The maximum Gasteiger partial charge on any atom is 0.270 e. The normalized spacial score (nSPS) is 14.5. The van der Waals surface area contributed by atoms with E-state index in [1.54, 1.807) is 36.4 Å². The average Bonchev–Trinajstić information content (AvgIpc) is 3.10. The summed E-state index contributed by atoms with van der Waals surface area (Å²) in [4.78, 5) is 35.4. The number of nitrogens with zero attached hydrogens (tertiary/aromatic N) is 3. The maximum atomic E-state index is 12.9. The summed E-state index contributed by atoms with van der Waals surface area (Å²) in [5.74, 6) is 0.249. The van der Waals surface area contributed by atoms with Crippen LogP contribution in [-0.2, 0) is 11.4 Å². The second-order valence-corrected chi connectivity index (χ2v) is 8.75. The van der Waals surface area contributed by atoms with Crippen molar-refractivity contribution in [1.82, 2.24) is 0 Å². The summed E-state index contributed by atoms with van der Waals surface area (Å²) in [6, 6.07) is 18.9. The van der Waals surface area contributed by atoms with Gasteiger partial charge in [0.05, 0.1) is 20.4 Å². The van der Waals surface area contributed by atoms with Crippen molar-refractivity contribution in [1.29, 1.82) is 0 Å². The van der Waals surface area contributed by atoms with E-state index in [0.29, 0.717) is 20.7 Å². The number of nitro benzene ring substituents is 2. The SMILES string of the molecule is O=C1/C(=C/c2cccc(OCc3ccc([N+](=O)[O-])cc3)c2)SC(=S)N1c1ccc([N+](=O)[O-])cc1. The lowest BCUT2D eigenvalue weighted by atomic mass is 10.2. The van der Waals surface area contributed by atoms with Crippen LogP contribution in [0.25, 0.3) is 6.08 Å². The number of nitro groups is 2. The molecule has 0 spiro atoms. The second kappa shape index (κ2) is 9.81. The van der Waals surface area contributed by atoms with Crippen LogP contribution in [0.2, 0.25) is 0 Å². The molecule has 3 aromatic carbocycles. The molecule has 1 heterocycles. The summed E-state index contributed by atoms with van der Waals surface area (Å²) in [6.45, 7) is 0.226. The smallest absolute Gasteiger partial charge is 0.270 e. The van der Waals surface area contributed by atoms with Crippen molar-refractivity contribution >= 4 is 57.3 Å². The quantitative estimate of drug-likeness (QED) is 0.184. The number of thioether (sulfide) groups is 1. The molecule has 1 aliphatic rings. The molecule has 0 aromatic heterocycles. The van der Waals surface area contributed by atoms with E-state index in [9.17, 15) is 25.0 Å². The zero-order valence-electron chi connectivity index (χ0n) is 17.3. The van der Waals surface area contributed by atoms with Gasteiger partial charge in [0, 0.05) is 24.3 Å². The molecular formula is C23H15N3O6S2. The van der Waals surface area contributed by atoms with Crippen LogP contribution >= 0.6 is 24.0 Å². The number of rotatable bonds is 7. The second-order valence-electron chi connectivity index (χ2n) is 7.08. The van der Waals surface area contributed by atoms with Crippen molar-refractivity contribution in [2.24, 2.45) is 0 Å². The molecule has 1 saturated heterocycles. The largest absolute Gasteiger partial charge is 0.489 e. The number of amides is 1. The summed E-state index contributed by atoms with van der Waals surface area (Å²) in [6.07, 6.45) is 1.70. The number of hydrogen-bond acceptors (Lipinski definition) is 8. The van der Waals surface area contributed by atoms with Gasteiger partial charge in [-0.05, 0) is 53.6 Å². The molecular weight excluding hydrogens is 478 g/mol. The topological polar surface area (TPSA) is 116 Å². The lowest BCUT2D eigenvalue weighted by Crippen LogP contribution is -2.27. The number of non-ortho nitro benzene ring substituents is 2. The maximum absolute atomic E-state index is 12.9. The van der Waals surface area contributed by atoms with Gasteiger partial charge in [-0.2, -0.15) is 0 Å². The third kappa shape index (κ3) is 5.11. The highest BCUT2D eigenvalue weighted by Gasteiger charge is 2.33. The van der Waals surface area contributed by atoms with Crippen molar-refractivity contribution < 1.29 is 19.4 Å². The van der Waals surface area contributed by atoms with Gasteiger partial charge in [-0.25, -0.2) is 0 Å². The first-order valence-electron chi connectivity index (χ1n) is 9.80. The first-order valence-corrected chi connectivity index (χ1v) is 11.0. The molecule has 0 atom stereocenters. The van der Waals surface area contributed by atoms with E-state index in [1.165, 1.54) is 41.3 Å². The molecule has 0 bridgehead atoms. The molecule has 4 rings (SSSR count). The highest BCUT2D eigenvalue weighted by Crippen LogP contribution is 2.36. The lowest BCUT2D eigenvalue weighted by molar-refractivity contribution is -0.385. The zero-order chi connectivity index (χ0) is 24.2. The summed E-state index contributed by atoms with van der Waals surface area (Å²) < 4.78 is 6.11. The van der Waals surface area contributed by atoms with Gasteiger partial charge in [0.2, 0.25) is 0 Å². The first kappa shape index (κ1) is 23.1. The Hall–Kier alpha value is -4.09. The fourth-order valence-corrected chi connectivity index (χ4v) is 4.44. The molecule has 1 aliphatic heterocycles. The van der Waals surface area contributed by atoms with Crippen LogP contribution in [0, 0.1) is 20.2 Å². The van der Waals surface area contributed by atoms with E-state index in [4.69, 9.17) is 17.0 Å². The Morgan fingerprint density at radius 2 is 1.56 bits per heavy atom. The third-order valence-electron chi connectivity index (χ3n) is 4.82. The predicted octanol–water partition coefficient (Wildman–Crippen LogP) is 5.49. The molecule has 34 heavy (non-hydrogen) atoms. The Morgan fingerprint density at radius 3 is 2.18 bits per heavy atom. The van der Waals surface area contributed by atoms with Gasteiger partial charge < -0.3 is 4.74 Å². The van der Waals surface area contributed by atoms with Crippen molar-refractivity contribution in [3.63, 3.8) is 0 Å². The van der Waals surface area contributed by atoms with Crippen LogP contribution in [0.3, 0.4) is 0 Å². The summed E-state index contributed by atoms with van der Waals surface area (Å²) in [5.41, 5.74) is 1.90. The lowest BCUT2D eigenvalue weighted by Gasteiger charge is -2.13. The molecule has 170 valence electrons. The monoisotopic (exact) mass is 493 g/mol. The Kier molecular flexibility index (Phi) is 6.66. The van der Waals surface area contributed by atoms with Crippen molar-refractivity contribution in [3.05, 3.63) is 109 Å². The van der Waals surface area contributed by atoms with Gasteiger partial charge in [-0.15, -0.1) is 0 Å². The summed E-state index contributed by atoms with van der Waals surface area (Å²) in [7, 11) is 0. The standard InChI is InChI=1S/C23H15N3O6S2/c27-22-21(34-23(33)24(22)17-8-10-19(11-9-17)26(30)31)13-16-2-1-3-20(12-16)32-14-15-4-6-18(7-5-15)25(28)29/h1-13H,14H2/b21-13-. The molecule has 0 N–H and O–H groups in total. The van der Waals surface area contributed by atoms with E-state index < -0.39 is 9.85 Å². The number of carbonyl (C=O) groups is 1. The molecule has 3 aromatic rings. The fourth-order valence-electron chi connectivity index (χ4n) is 3.14. The molecule has 0 saturated carbocycles. The number of ether oxygens (including phenoxy) is 1. The highest BCUT2D eigenvalue weighted by molar-refractivity contribution is 8.27. The van der Waals surface area contributed by atoms with Gasteiger partial charge in [-0.3, -0.25) is 29.9 Å². The van der Waals surface area contributed by atoms with Gasteiger partial charge >= 0.3 is 0 Å². The molecule has 0 radical (unpaired) electrons. The highest BCUT2D eigenvalue weighted by atomic mass is 32.2. The van der Waals surface area contributed by atoms with Gasteiger partial charge in [-0.1, -0.05) is 36.1 Å². The predicted molar refractivity (Wildman–Crippen MR) is 133 cm³/mol. The number of anilines is 1. The van der Waals surface area contributed by atoms with E-state index in [2.05, 4.69) is 0 Å². The van der Waals surface area contributed by atoms with Crippen LogP contribution in [0.15, 0.2) is 77.7 Å². The van der Waals surface area contributed by atoms with Crippen LogP contribution in [0.1, 0.15) is 11.1 Å². The fraction of sp³-hybridized carbons (Fsp3) is 0.0435. The van der Waals surface area contributed by atoms with Crippen LogP contribution in [0.4, 0.5) is 17.1 Å². The van der Waals surface area contributed by atoms with Crippen LogP contribution < -0.4 is 9.64 Å². The summed E-state index contributed by atoms with van der Waals surface area (Å²) in [5, 5.41) is 21.6. The molecule has 0 aliphatic carbocycles. The van der Waals surface area contributed by atoms with Crippen molar-refractivity contribution in [2.75, 3.05) is 4.90 Å². The Balaban J connectivity index is 1.47. The van der Waals surface area contributed by atoms with E-state index in [1.807, 2.05) is 6.07 Å². The van der Waals surface area contributed by atoms with E-state index in [0.717, 1.165) is 22.9 Å². The van der Waals surface area contributed by atoms with Gasteiger partial charge in [0.25, 0.3) is 17.3 Å². The molecule has 1 amide bonds. The number of thiocarbonyl (C=S) groups is 1. The van der Waals surface area contributed by atoms with Gasteiger partial charge in [0.1, 0.15) is 12.4 Å². The van der Waals surface area contributed by atoms with Crippen LogP contribution in [-0.4, -0.2) is 20.1 Å². The first-order chi connectivity index (χ1) is 16.3. The number of hydrogen-bond donors (Lipinski definition) is 0. The molecule has 0 unspecified atom stereocenters. The van der Waals surface area contributed by atoms with Crippen molar-refractivity contribution in [3.8, 4) is 5.75 Å². The zero-order valence-corrected chi connectivity index (χ0v) is 19.0. The Bertz CT molecular complexity index is 1320. The molecule has 1 fully saturated rings. The van der Waals surface area contributed by atoms with Crippen LogP contribution in [0.5, 0.6) is 5.75 Å². The van der Waals surface area contributed by atoms with Crippen molar-refractivity contribution in [2.45, 2.75) is 6.61 Å². The molecule has 9 nitrogen and oxygen atoms in total. The number of benzene rings is 3. The van der Waals surface area contributed by atoms with Gasteiger partial charge in [0.15, 0.2) is 4.32 Å². The number of carbonyl (C=O) groups excluding carboxylic acids is 1. The minimum atomic E-state index is -0.509. The summed E-state index contributed by atoms with van der Waals surface area (Å²) >= 11 is 6.49. The minimum Gasteiger partial charge on any atom is -0.489 e. The average molecular weight is 494 g/mol. The van der Waals surface area contributed by atoms with E-state index in [-0.39, 0.29) is 23.9 Å². The third-order valence-corrected chi connectivity index (χ3v) is 6.12. The van der Waals surface area contributed by atoms with E-state index >= 15 is 0 Å². The molecule has 11 heteroatoms.